The van der Waals surface area contributed by atoms with E-state index in [0.717, 1.165) is 35.5 Å². The van der Waals surface area contributed by atoms with Crippen LogP contribution in [0.3, 0.4) is 0 Å². The van der Waals surface area contributed by atoms with Crippen LogP contribution >= 0.6 is 0 Å². The zero-order valence-electron chi connectivity index (χ0n) is 18.7. The van der Waals surface area contributed by atoms with Gasteiger partial charge in [-0.05, 0) is 69.4 Å². The van der Waals surface area contributed by atoms with E-state index in [2.05, 4.69) is 48.2 Å². The molecule has 5 heteroatoms. The number of nitrogens with one attached hydrogen (secondary N) is 1. The molecule has 0 aliphatic heterocycles. The van der Waals surface area contributed by atoms with Crippen LogP contribution in [0.5, 0.6) is 0 Å². The molecule has 5 nitrogen and oxygen atoms in total. The van der Waals surface area contributed by atoms with Crippen molar-refractivity contribution in [1.82, 2.24) is 15.1 Å². The van der Waals surface area contributed by atoms with Gasteiger partial charge in [0.15, 0.2) is 0 Å². The highest BCUT2D eigenvalue weighted by molar-refractivity contribution is 5.97. The van der Waals surface area contributed by atoms with Gasteiger partial charge in [0.25, 0.3) is 5.91 Å². The van der Waals surface area contributed by atoms with Crippen LogP contribution in [0.1, 0.15) is 78.8 Å². The van der Waals surface area contributed by atoms with E-state index in [1.807, 2.05) is 24.7 Å². The summed E-state index contributed by atoms with van der Waals surface area (Å²) in [6.45, 7) is 9.93. The molecule has 0 atom stereocenters. The molecule has 1 aliphatic rings. The van der Waals surface area contributed by atoms with Gasteiger partial charge in [0, 0.05) is 30.9 Å². The van der Waals surface area contributed by atoms with E-state index in [0.29, 0.717) is 12.6 Å². The van der Waals surface area contributed by atoms with E-state index in [4.69, 9.17) is 0 Å². The van der Waals surface area contributed by atoms with Gasteiger partial charge in [-0.15, -0.1) is 0 Å². The molecular weight excluding hydrogens is 360 g/mol. The minimum atomic E-state index is -0.00222. The first-order valence-corrected chi connectivity index (χ1v) is 11.1. The second-order valence-electron chi connectivity index (χ2n) is 8.30. The van der Waals surface area contributed by atoms with Gasteiger partial charge in [-0.3, -0.25) is 9.48 Å². The first kappa shape index (κ1) is 21.4. The molecule has 1 fully saturated rings. The molecular formula is C24H36N4O. The Balaban J connectivity index is 1.86. The molecule has 0 radical (unpaired) electrons. The summed E-state index contributed by atoms with van der Waals surface area (Å²) in [5.74, 6) is -0.00222. The summed E-state index contributed by atoms with van der Waals surface area (Å²) < 4.78 is 1.83. The molecule has 1 amide bonds. The third-order valence-corrected chi connectivity index (χ3v) is 6.29. The van der Waals surface area contributed by atoms with Gasteiger partial charge in [-0.25, -0.2) is 0 Å². The molecule has 1 aliphatic carbocycles. The van der Waals surface area contributed by atoms with Gasteiger partial charge in [0.2, 0.25) is 0 Å². The van der Waals surface area contributed by atoms with Crippen molar-refractivity contribution in [1.29, 1.82) is 0 Å². The summed E-state index contributed by atoms with van der Waals surface area (Å²) in [5.41, 5.74) is 6.33. The maximum Gasteiger partial charge on any atom is 0.251 e. The zero-order chi connectivity index (χ0) is 21.0. The molecule has 158 valence electrons. The number of aromatic nitrogens is 2. The quantitative estimate of drug-likeness (QED) is 0.739. The van der Waals surface area contributed by atoms with Gasteiger partial charge in [-0.2, -0.15) is 5.10 Å². The Hall–Kier alpha value is -2.30. The van der Waals surface area contributed by atoms with Gasteiger partial charge in [0.05, 0.1) is 17.9 Å². The number of benzene rings is 1. The first-order chi connectivity index (χ1) is 13.9. The second-order valence-corrected chi connectivity index (χ2v) is 8.30. The predicted molar refractivity (Wildman–Crippen MR) is 120 cm³/mol. The standard InChI is InChI=1S/C24H36N4O/c1-6-19-14-22(24(29)25-16-21-13-17(3)26-27(21)5)18(4)23(15-19)28(7-2)20-11-9-8-10-12-20/h13-15,20H,6-12,16H2,1-5H3,(H,25,29). The number of anilines is 1. The minimum Gasteiger partial charge on any atom is -0.369 e. The van der Waals surface area contributed by atoms with Gasteiger partial charge >= 0.3 is 0 Å². The molecule has 1 N–H and O–H groups in total. The number of nitrogens with zero attached hydrogens (tertiary/aromatic N) is 3. The minimum absolute atomic E-state index is 0.00222. The number of aryl methyl sites for hydroxylation is 3. The highest BCUT2D eigenvalue weighted by atomic mass is 16.1. The Morgan fingerprint density at radius 3 is 2.48 bits per heavy atom. The number of hydrogen-bond acceptors (Lipinski definition) is 3. The SMILES string of the molecule is CCc1cc(C(=O)NCc2cc(C)nn2C)c(C)c(N(CC)C2CCCCC2)c1. The van der Waals surface area contributed by atoms with Crippen LogP contribution in [0.15, 0.2) is 18.2 Å². The highest BCUT2D eigenvalue weighted by Crippen LogP contribution is 2.32. The Kier molecular flexibility index (Phi) is 6.99. The molecule has 1 saturated carbocycles. The lowest BCUT2D eigenvalue weighted by atomic mass is 9.92. The lowest BCUT2D eigenvalue weighted by Crippen LogP contribution is -2.37. The fourth-order valence-electron chi connectivity index (χ4n) is 4.61. The molecule has 1 aromatic carbocycles. The van der Waals surface area contributed by atoms with E-state index in [1.54, 1.807) is 0 Å². The van der Waals surface area contributed by atoms with Crippen LogP contribution in [-0.2, 0) is 20.0 Å². The Morgan fingerprint density at radius 2 is 1.90 bits per heavy atom. The van der Waals surface area contributed by atoms with Crippen molar-refractivity contribution >= 4 is 11.6 Å². The largest absolute Gasteiger partial charge is 0.369 e. The van der Waals surface area contributed by atoms with Crippen molar-refractivity contribution in [3.63, 3.8) is 0 Å². The molecule has 0 spiro atoms. The smallest absolute Gasteiger partial charge is 0.251 e. The van der Waals surface area contributed by atoms with Crippen LogP contribution in [-0.4, -0.2) is 28.3 Å². The molecule has 0 bridgehead atoms. The summed E-state index contributed by atoms with van der Waals surface area (Å²) in [6, 6.07) is 6.97. The third-order valence-electron chi connectivity index (χ3n) is 6.29. The average Bonchev–Trinajstić information content (AvgIpc) is 3.05. The van der Waals surface area contributed by atoms with Crippen molar-refractivity contribution < 1.29 is 4.79 Å². The average molecular weight is 397 g/mol. The van der Waals surface area contributed by atoms with Gasteiger partial charge < -0.3 is 10.2 Å². The van der Waals surface area contributed by atoms with Crippen LogP contribution in [0, 0.1) is 13.8 Å². The van der Waals surface area contributed by atoms with Gasteiger partial charge in [0.1, 0.15) is 0 Å². The molecule has 1 heterocycles. The first-order valence-electron chi connectivity index (χ1n) is 11.1. The highest BCUT2D eigenvalue weighted by Gasteiger charge is 2.24. The Labute approximate surface area is 175 Å². The van der Waals surface area contributed by atoms with E-state index in [9.17, 15) is 4.79 Å². The fourth-order valence-corrected chi connectivity index (χ4v) is 4.61. The number of carbonyl (C=O) groups excluding carboxylic acids is 1. The Bertz CT molecular complexity index is 849. The summed E-state index contributed by atoms with van der Waals surface area (Å²) in [6.07, 6.45) is 7.41. The molecule has 3 rings (SSSR count). The van der Waals surface area contributed by atoms with E-state index in [-0.39, 0.29) is 5.91 Å². The maximum atomic E-state index is 13.1. The lowest BCUT2D eigenvalue weighted by molar-refractivity contribution is 0.0949. The van der Waals surface area contributed by atoms with Gasteiger partial charge in [-0.1, -0.05) is 26.2 Å². The normalized spacial score (nSPS) is 14.8. The number of carbonyl (C=O) groups is 1. The topological polar surface area (TPSA) is 50.2 Å². The summed E-state index contributed by atoms with van der Waals surface area (Å²) in [5, 5.41) is 7.47. The molecule has 0 saturated heterocycles. The monoisotopic (exact) mass is 396 g/mol. The van der Waals surface area contributed by atoms with Crippen LogP contribution in [0.25, 0.3) is 0 Å². The van der Waals surface area contributed by atoms with Crippen molar-refractivity contribution in [3.8, 4) is 0 Å². The molecule has 2 aromatic rings. The van der Waals surface area contributed by atoms with Crippen molar-refractivity contribution in [3.05, 3.63) is 46.3 Å². The van der Waals surface area contributed by atoms with Crippen LogP contribution < -0.4 is 10.2 Å². The van der Waals surface area contributed by atoms with Crippen molar-refractivity contribution in [2.24, 2.45) is 7.05 Å². The maximum absolute atomic E-state index is 13.1. The number of amides is 1. The van der Waals surface area contributed by atoms with Crippen molar-refractivity contribution in [2.75, 3.05) is 11.4 Å². The predicted octanol–water partition coefficient (Wildman–Crippen LogP) is 4.69. The zero-order valence-corrected chi connectivity index (χ0v) is 18.7. The second kappa shape index (κ2) is 9.47. The van der Waals surface area contributed by atoms with Crippen molar-refractivity contribution in [2.45, 2.75) is 78.8 Å². The number of hydrogen-bond donors (Lipinski definition) is 1. The fraction of sp³-hybridized carbons (Fsp3) is 0.583. The summed E-state index contributed by atoms with van der Waals surface area (Å²) >= 11 is 0. The van der Waals surface area contributed by atoms with Crippen LogP contribution in [0.2, 0.25) is 0 Å². The molecule has 0 unspecified atom stereocenters. The summed E-state index contributed by atoms with van der Waals surface area (Å²) in [4.78, 5) is 15.6. The molecule has 29 heavy (non-hydrogen) atoms. The Morgan fingerprint density at radius 1 is 1.17 bits per heavy atom. The van der Waals surface area contributed by atoms with E-state index in [1.165, 1.54) is 43.4 Å². The summed E-state index contributed by atoms with van der Waals surface area (Å²) in [7, 11) is 1.92. The lowest BCUT2D eigenvalue weighted by Gasteiger charge is -2.37. The number of rotatable bonds is 7. The van der Waals surface area contributed by atoms with E-state index < -0.39 is 0 Å². The van der Waals surface area contributed by atoms with Crippen LogP contribution in [0.4, 0.5) is 5.69 Å². The third kappa shape index (κ3) is 4.82. The van der Waals surface area contributed by atoms with E-state index >= 15 is 0 Å². The molecule has 1 aromatic heterocycles.